The summed E-state index contributed by atoms with van der Waals surface area (Å²) < 4.78 is 0. The van der Waals surface area contributed by atoms with Gasteiger partial charge in [-0.15, -0.1) is 0 Å². The molecular formula is H4BNa3O6. The topological polar surface area (TPSA) is 141 Å². The Morgan fingerprint density at radius 2 is 0.800 bits per heavy atom. The molecule has 0 saturated heterocycles. The van der Waals surface area contributed by atoms with Crippen molar-refractivity contribution in [2.24, 2.45) is 0 Å². The van der Waals surface area contributed by atoms with Crippen LogP contribution in [0.5, 0.6) is 0 Å². The summed E-state index contributed by atoms with van der Waals surface area (Å²) in [5.74, 6) is 0. The Balaban J connectivity index is -0.00000000625. The number of rotatable bonds is 0. The minimum Gasteiger partial charge on any atom is -0.907 e. The van der Waals surface area contributed by atoms with Gasteiger partial charge in [0.2, 0.25) is 0 Å². The second kappa shape index (κ2) is 40.8. The first-order chi connectivity index (χ1) is 2.73. The van der Waals surface area contributed by atoms with Gasteiger partial charge in [-0.2, -0.15) is 0 Å². The number of hydrogen-bond acceptors (Lipinski definition) is 5. The minimum absolute atomic E-state index is 0. The van der Waals surface area contributed by atoms with Gasteiger partial charge in [0.15, 0.2) is 0 Å². The molecule has 0 bridgehead atoms. The van der Waals surface area contributed by atoms with Crippen molar-refractivity contribution in [2.45, 2.75) is 0 Å². The van der Waals surface area contributed by atoms with Crippen molar-refractivity contribution in [2.75, 3.05) is 0 Å². The molecule has 0 aromatic rings. The zero-order valence-electron chi connectivity index (χ0n) is 6.20. The summed E-state index contributed by atoms with van der Waals surface area (Å²) in [5.41, 5.74) is 0. The Morgan fingerprint density at radius 3 is 0.800 bits per heavy atom. The van der Waals surface area contributed by atoms with Crippen molar-refractivity contribution in [3.8, 4) is 0 Å². The van der Waals surface area contributed by atoms with Crippen molar-refractivity contribution < 1.29 is 120 Å². The fourth-order valence-electron chi connectivity index (χ4n) is 0. The standard InChI is InChI=1S/BO3.3Na.H2O2.H2O/c2-1(3)4;;;;1-2;/h;;;;1-2H;1H2/q-3;3*+1;;. The van der Waals surface area contributed by atoms with Gasteiger partial charge in [0, 0.05) is 0 Å². The van der Waals surface area contributed by atoms with E-state index in [9.17, 15) is 0 Å². The molecule has 0 aromatic carbocycles. The van der Waals surface area contributed by atoms with E-state index in [1.165, 1.54) is 0 Å². The third-order valence-electron chi connectivity index (χ3n) is 0. The van der Waals surface area contributed by atoms with Gasteiger partial charge >= 0.3 is 88.7 Å². The van der Waals surface area contributed by atoms with E-state index in [2.05, 4.69) is 0 Å². The average molecular weight is 180 g/mol. The quantitative estimate of drug-likeness (QED) is 0.216. The first kappa shape index (κ1) is 38.5. The largest absolute Gasteiger partial charge is 1.00 e. The van der Waals surface area contributed by atoms with E-state index in [0.29, 0.717) is 0 Å². The molecule has 0 radical (unpaired) electrons. The van der Waals surface area contributed by atoms with Gasteiger partial charge in [0.05, 0.1) is 0 Å². The molecule has 0 spiro atoms. The van der Waals surface area contributed by atoms with Crippen LogP contribution in [0.2, 0.25) is 0 Å². The van der Waals surface area contributed by atoms with Crippen LogP contribution in [-0.4, -0.2) is 23.3 Å². The summed E-state index contributed by atoms with van der Waals surface area (Å²) in [7, 11) is -2.92. The van der Waals surface area contributed by atoms with Crippen molar-refractivity contribution in [3.63, 3.8) is 0 Å². The molecule has 0 heterocycles. The van der Waals surface area contributed by atoms with Gasteiger partial charge in [-0.1, -0.05) is 0 Å². The summed E-state index contributed by atoms with van der Waals surface area (Å²) >= 11 is 0. The van der Waals surface area contributed by atoms with Crippen molar-refractivity contribution in [3.05, 3.63) is 0 Å². The van der Waals surface area contributed by atoms with Crippen LogP contribution in [0.15, 0.2) is 0 Å². The molecular weight excluding hydrogens is 176 g/mol. The molecule has 0 aliphatic heterocycles. The molecule has 46 valence electrons. The monoisotopic (exact) mass is 180 g/mol. The van der Waals surface area contributed by atoms with E-state index in [1.807, 2.05) is 0 Å². The van der Waals surface area contributed by atoms with E-state index in [0.717, 1.165) is 0 Å². The fraction of sp³-hybridized carbons (Fsp3) is 0. The Kier molecular flexibility index (Phi) is 157. The molecule has 0 saturated carbocycles. The molecule has 6 nitrogen and oxygen atoms in total. The van der Waals surface area contributed by atoms with Crippen molar-refractivity contribution in [1.29, 1.82) is 0 Å². The van der Waals surface area contributed by atoms with Crippen LogP contribution in [0.3, 0.4) is 0 Å². The molecule has 0 rings (SSSR count). The van der Waals surface area contributed by atoms with Crippen LogP contribution in [0, 0.1) is 0 Å². The molecule has 0 aliphatic carbocycles. The third kappa shape index (κ3) is 131. The molecule has 0 unspecified atom stereocenters. The van der Waals surface area contributed by atoms with Gasteiger partial charge in [0.1, 0.15) is 0 Å². The number of hydrogen-bond donors (Lipinski definition) is 2. The van der Waals surface area contributed by atoms with Crippen LogP contribution in [0.25, 0.3) is 0 Å². The Labute approximate surface area is 125 Å². The summed E-state index contributed by atoms with van der Waals surface area (Å²) in [6.45, 7) is 0. The summed E-state index contributed by atoms with van der Waals surface area (Å²) in [5, 5.41) is 37.2. The Hall–Kier alpha value is 2.82. The molecule has 10 heavy (non-hydrogen) atoms. The smallest absolute Gasteiger partial charge is 0.907 e. The Bertz CT molecular complexity index is 17.7. The molecule has 10 heteroatoms. The Morgan fingerprint density at radius 1 is 0.800 bits per heavy atom. The van der Waals surface area contributed by atoms with Crippen molar-refractivity contribution >= 4 is 7.32 Å². The van der Waals surface area contributed by atoms with Gasteiger partial charge < -0.3 is 20.5 Å². The van der Waals surface area contributed by atoms with Crippen LogP contribution in [0.1, 0.15) is 0 Å². The summed E-state index contributed by atoms with van der Waals surface area (Å²) in [6, 6.07) is 0. The second-order valence-corrected chi connectivity index (χ2v) is 0.289. The average Bonchev–Trinajstić information content (AvgIpc) is 1.41. The molecule has 0 amide bonds. The molecule has 4 N–H and O–H groups in total. The van der Waals surface area contributed by atoms with E-state index >= 15 is 0 Å². The minimum atomic E-state index is -2.92. The SMILES string of the molecule is O.OO.[Na+].[Na+].[Na+].[O-]B([O-])[O-]. The van der Waals surface area contributed by atoms with Crippen LogP contribution < -0.4 is 104 Å². The maximum absolute atomic E-state index is 8.42. The van der Waals surface area contributed by atoms with Gasteiger partial charge in [-0.05, 0) is 0 Å². The summed E-state index contributed by atoms with van der Waals surface area (Å²) in [4.78, 5) is 0. The van der Waals surface area contributed by atoms with Crippen LogP contribution in [0.4, 0.5) is 0 Å². The first-order valence-corrected chi connectivity index (χ1v) is 0.907. The van der Waals surface area contributed by atoms with Crippen LogP contribution in [-0.2, 0) is 0 Å². The predicted octanol–water partition coefficient (Wildman–Crippen LogP) is -13.7. The fourth-order valence-corrected chi connectivity index (χ4v) is 0. The maximum atomic E-state index is 8.42. The second-order valence-electron chi connectivity index (χ2n) is 0.289. The first-order valence-electron chi connectivity index (χ1n) is 0.907. The zero-order chi connectivity index (χ0) is 5.58. The van der Waals surface area contributed by atoms with Gasteiger partial charge in [-0.3, -0.25) is 17.8 Å². The molecule has 0 fully saturated rings. The van der Waals surface area contributed by atoms with Crippen molar-refractivity contribution in [1.82, 2.24) is 0 Å². The zero-order valence-corrected chi connectivity index (χ0v) is 12.2. The van der Waals surface area contributed by atoms with Gasteiger partial charge in [-0.25, -0.2) is 0 Å². The third-order valence-corrected chi connectivity index (χ3v) is 0. The van der Waals surface area contributed by atoms with Gasteiger partial charge in [0.25, 0.3) is 0 Å². The molecule has 0 atom stereocenters. The summed E-state index contributed by atoms with van der Waals surface area (Å²) in [6.07, 6.45) is 0. The predicted molar refractivity (Wildman–Crippen MR) is 14.6 cm³/mol. The molecule has 0 aromatic heterocycles. The van der Waals surface area contributed by atoms with Crippen LogP contribution >= 0.6 is 0 Å². The van der Waals surface area contributed by atoms with E-state index in [-0.39, 0.29) is 94.1 Å². The molecule has 0 aliphatic rings. The van der Waals surface area contributed by atoms with E-state index in [4.69, 9.17) is 25.6 Å². The van der Waals surface area contributed by atoms with E-state index < -0.39 is 7.32 Å². The normalized spacial score (nSPS) is 3.30. The van der Waals surface area contributed by atoms with E-state index in [1.54, 1.807) is 0 Å². The maximum Gasteiger partial charge on any atom is 1.00 e.